The fourth-order valence-corrected chi connectivity index (χ4v) is 1.88. The van der Waals surface area contributed by atoms with Gasteiger partial charge in [-0.25, -0.2) is 14.8 Å². The van der Waals surface area contributed by atoms with Gasteiger partial charge in [-0.3, -0.25) is 4.57 Å². The molecule has 2 rings (SSSR count). The zero-order chi connectivity index (χ0) is 12.5. The molecule has 2 aromatic heterocycles. The van der Waals surface area contributed by atoms with Crippen molar-refractivity contribution in [2.75, 3.05) is 0 Å². The van der Waals surface area contributed by atoms with Crippen LogP contribution >= 0.6 is 11.3 Å². The lowest BCUT2D eigenvalue weighted by Gasteiger charge is -2.00. The summed E-state index contributed by atoms with van der Waals surface area (Å²) in [6.45, 7) is -0.0204. The lowest BCUT2D eigenvalue weighted by Crippen LogP contribution is -2.22. The van der Waals surface area contributed by atoms with Crippen LogP contribution in [0.25, 0.3) is 0 Å². The van der Waals surface area contributed by atoms with Gasteiger partial charge in [0.25, 0.3) is 0 Å². The van der Waals surface area contributed by atoms with E-state index in [1.807, 2.05) is 0 Å². The lowest BCUT2D eigenvalue weighted by atomic mass is 10.5. The molecule has 0 saturated carbocycles. The van der Waals surface area contributed by atoms with E-state index in [0.717, 1.165) is 17.1 Å². The quantitative estimate of drug-likeness (QED) is 0.814. The van der Waals surface area contributed by atoms with E-state index in [-0.39, 0.29) is 6.54 Å². The van der Waals surface area contributed by atoms with Crippen molar-refractivity contribution < 1.29 is 13.2 Å². The van der Waals surface area contributed by atoms with Crippen molar-refractivity contribution in [2.45, 2.75) is 12.7 Å². The summed E-state index contributed by atoms with van der Waals surface area (Å²) >= 11 is 0.492. The van der Waals surface area contributed by atoms with Crippen molar-refractivity contribution in [3.05, 3.63) is 39.2 Å². The normalized spacial score (nSPS) is 11.7. The number of aromatic nitrogens is 4. The molecule has 0 radical (unpaired) electrons. The van der Waals surface area contributed by atoms with Crippen molar-refractivity contribution in [3.8, 4) is 0 Å². The molecule has 90 valence electrons. The number of nitrogens with zero attached hydrogens (tertiary/aromatic N) is 4. The summed E-state index contributed by atoms with van der Waals surface area (Å²) in [4.78, 5) is 21.8. The molecular formula is C8H5F3N4OS. The Morgan fingerprint density at radius 3 is 2.71 bits per heavy atom. The molecule has 0 N–H and O–H groups in total. The van der Waals surface area contributed by atoms with Crippen LogP contribution < -0.4 is 5.69 Å². The van der Waals surface area contributed by atoms with E-state index in [4.69, 9.17) is 0 Å². The Balaban J connectivity index is 2.24. The predicted molar refractivity (Wildman–Crippen MR) is 52.5 cm³/mol. The van der Waals surface area contributed by atoms with Crippen LogP contribution in [0.2, 0.25) is 0 Å². The number of thiazole rings is 1. The average Bonchev–Trinajstić information content (AvgIpc) is 2.69. The molecule has 0 fully saturated rings. The zero-order valence-corrected chi connectivity index (χ0v) is 8.99. The van der Waals surface area contributed by atoms with Crippen LogP contribution in [0.1, 0.15) is 9.88 Å². The standard InChI is InChI=1S/C8H5F3N4OS/c9-8(10,11)6-13-1-5(17-6)2-15-4-12-3-14-7(15)16/h1,3-4H,2H2. The Morgan fingerprint density at radius 1 is 1.35 bits per heavy atom. The number of hydrogen-bond donors (Lipinski definition) is 0. The molecule has 0 bridgehead atoms. The molecule has 9 heteroatoms. The highest BCUT2D eigenvalue weighted by atomic mass is 32.1. The minimum absolute atomic E-state index is 0.0204. The van der Waals surface area contributed by atoms with Gasteiger partial charge in [0, 0.05) is 11.1 Å². The van der Waals surface area contributed by atoms with Gasteiger partial charge in [0.15, 0.2) is 5.01 Å². The van der Waals surface area contributed by atoms with Crippen LogP contribution in [0.5, 0.6) is 0 Å². The summed E-state index contributed by atoms with van der Waals surface area (Å²) in [6, 6.07) is 0. The minimum Gasteiger partial charge on any atom is -0.277 e. The van der Waals surface area contributed by atoms with Gasteiger partial charge in [-0.2, -0.15) is 18.2 Å². The van der Waals surface area contributed by atoms with Crippen molar-refractivity contribution in [3.63, 3.8) is 0 Å². The number of rotatable bonds is 2. The Kier molecular flexibility index (Phi) is 2.92. The van der Waals surface area contributed by atoms with Gasteiger partial charge in [-0.05, 0) is 0 Å². The van der Waals surface area contributed by atoms with Crippen molar-refractivity contribution in [2.24, 2.45) is 0 Å². The Hall–Kier alpha value is -1.77. The number of alkyl halides is 3. The predicted octanol–water partition coefficient (Wildman–Crippen LogP) is 1.16. The van der Waals surface area contributed by atoms with E-state index in [9.17, 15) is 18.0 Å². The maximum absolute atomic E-state index is 12.3. The Bertz CT molecular complexity index is 576. The highest BCUT2D eigenvalue weighted by Crippen LogP contribution is 2.32. The molecular weight excluding hydrogens is 257 g/mol. The van der Waals surface area contributed by atoms with Gasteiger partial charge in [0.2, 0.25) is 0 Å². The molecule has 0 spiro atoms. The maximum Gasteiger partial charge on any atom is 0.443 e. The van der Waals surface area contributed by atoms with Crippen molar-refractivity contribution in [1.29, 1.82) is 0 Å². The smallest absolute Gasteiger partial charge is 0.277 e. The Morgan fingerprint density at radius 2 is 2.12 bits per heavy atom. The summed E-state index contributed by atoms with van der Waals surface area (Å²) in [6.07, 6.45) is -1.08. The monoisotopic (exact) mass is 262 g/mol. The van der Waals surface area contributed by atoms with Gasteiger partial charge in [0.1, 0.15) is 12.7 Å². The molecule has 17 heavy (non-hydrogen) atoms. The third-order valence-corrected chi connectivity index (χ3v) is 2.84. The summed E-state index contributed by atoms with van der Waals surface area (Å²) in [7, 11) is 0. The summed E-state index contributed by atoms with van der Waals surface area (Å²) in [5, 5.41) is -0.933. The first-order chi connectivity index (χ1) is 7.97. The Labute approximate surface area is 96.6 Å². The van der Waals surface area contributed by atoms with Crippen molar-refractivity contribution >= 4 is 11.3 Å². The molecule has 0 aliphatic heterocycles. The number of halogens is 3. The molecule has 0 saturated heterocycles. The van der Waals surface area contributed by atoms with Gasteiger partial charge in [-0.15, -0.1) is 11.3 Å². The molecule has 0 amide bonds. The third kappa shape index (κ3) is 2.67. The average molecular weight is 262 g/mol. The van der Waals surface area contributed by atoms with Crippen LogP contribution in [0.15, 0.2) is 23.6 Å². The topological polar surface area (TPSA) is 60.7 Å². The van der Waals surface area contributed by atoms with Crippen LogP contribution in [0.4, 0.5) is 13.2 Å². The molecule has 0 aliphatic rings. The van der Waals surface area contributed by atoms with Crippen molar-refractivity contribution in [1.82, 2.24) is 19.5 Å². The highest BCUT2D eigenvalue weighted by molar-refractivity contribution is 7.11. The van der Waals surface area contributed by atoms with E-state index < -0.39 is 16.9 Å². The van der Waals surface area contributed by atoms with E-state index in [1.165, 1.54) is 6.33 Å². The SMILES string of the molecule is O=c1ncncn1Cc1cnc(C(F)(F)F)s1. The van der Waals surface area contributed by atoms with Gasteiger partial charge >= 0.3 is 11.9 Å². The van der Waals surface area contributed by atoms with Gasteiger partial charge in [-0.1, -0.05) is 0 Å². The zero-order valence-electron chi connectivity index (χ0n) is 8.18. The van der Waals surface area contributed by atoms with Crippen LogP contribution in [-0.4, -0.2) is 19.5 Å². The minimum atomic E-state index is -4.46. The molecule has 0 aromatic carbocycles. The fourth-order valence-electron chi connectivity index (χ4n) is 1.10. The van der Waals surface area contributed by atoms with E-state index in [1.54, 1.807) is 0 Å². The lowest BCUT2D eigenvalue weighted by molar-refractivity contribution is -0.137. The first kappa shape index (κ1) is 11.7. The number of hydrogen-bond acceptors (Lipinski definition) is 5. The molecule has 2 aromatic rings. The summed E-state index contributed by atoms with van der Waals surface area (Å²) in [5.74, 6) is 0. The second kappa shape index (κ2) is 4.24. The summed E-state index contributed by atoms with van der Waals surface area (Å²) < 4.78 is 37.9. The van der Waals surface area contributed by atoms with Gasteiger partial charge in [0.05, 0.1) is 6.54 Å². The molecule has 5 nitrogen and oxygen atoms in total. The van der Waals surface area contributed by atoms with E-state index in [0.29, 0.717) is 16.2 Å². The fraction of sp³-hybridized carbons (Fsp3) is 0.250. The second-order valence-corrected chi connectivity index (χ2v) is 4.16. The van der Waals surface area contributed by atoms with Gasteiger partial charge < -0.3 is 0 Å². The van der Waals surface area contributed by atoms with Crippen LogP contribution in [0.3, 0.4) is 0 Å². The van der Waals surface area contributed by atoms with E-state index >= 15 is 0 Å². The maximum atomic E-state index is 12.3. The van der Waals surface area contributed by atoms with E-state index in [2.05, 4.69) is 15.0 Å². The largest absolute Gasteiger partial charge is 0.443 e. The molecule has 0 atom stereocenters. The third-order valence-electron chi connectivity index (χ3n) is 1.81. The molecule has 2 heterocycles. The van der Waals surface area contributed by atoms with Crippen LogP contribution in [-0.2, 0) is 12.7 Å². The summed E-state index contributed by atoms with van der Waals surface area (Å²) in [5.41, 5.74) is -0.568. The highest BCUT2D eigenvalue weighted by Gasteiger charge is 2.34. The molecule has 0 unspecified atom stereocenters. The first-order valence-corrected chi connectivity index (χ1v) is 5.17. The first-order valence-electron chi connectivity index (χ1n) is 4.35. The molecule has 0 aliphatic carbocycles. The second-order valence-electron chi connectivity index (χ2n) is 3.05. The van der Waals surface area contributed by atoms with Crippen LogP contribution in [0, 0.1) is 0 Å².